The molecular weight excluding hydrogens is 426 g/mol. The van der Waals surface area contributed by atoms with Crippen molar-refractivity contribution in [2.75, 3.05) is 27.9 Å². The lowest BCUT2D eigenvalue weighted by Gasteiger charge is -2.33. The largest absolute Gasteiger partial charge is 0.491 e. The van der Waals surface area contributed by atoms with Crippen molar-refractivity contribution in [2.45, 2.75) is 25.6 Å². The fraction of sp³-hybridized carbons (Fsp3) is 0.409. The van der Waals surface area contributed by atoms with Gasteiger partial charge in [-0.15, -0.1) is 0 Å². The lowest BCUT2D eigenvalue weighted by Crippen LogP contribution is -2.43. The number of aromatic nitrogens is 1. The quantitative estimate of drug-likeness (QED) is 0.660. The maximum atomic E-state index is 13.8. The number of methoxy groups -OCH3 is 3. The second-order valence-electron chi connectivity index (χ2n) is 7.35. The number of hydrogen-bond donors (Lipinski definition) is 1. The van der Waals surface area contributed by atoms with Crippen LogP contribution in [0.15, 0.2) is 29.2 Å². The smallest absolute Gasteiger partial charge is 0.257 e. The average Bonchev–Trinajstić information content (AvgIpc) is 2.77. The Labute approximate surface area is 183 Å². The van der Waals surface area contributed by atoms with E-state index in [0.29, 0.717) is 19.1 Å². The van der Waals surface area contributed by atoms with Crippen LogP contribution in [-0.4, -0.2) is 50.3 Å². The molecule has 0 radical (unpaired) electrons. The second kappa shape index (κ2) is 10.0. The standard InChI is InChI=1S/C22H24F2N2O6/c1-30-7-6-14-17(31-2)11-26-10-15(20(28)21(32-3)18(26)19(14)27)22(29)25-9-12-4-5-13(23)8-16(12)24/h4-5,8,10,14,17H,6-7,9,11H2,1-3H3,(H,25,29)/t14-,17-/m0/s1. The summed E-state index contributed by atoms with van der Waals surface area (Å²) in [6.45, 7) is 0.298. The molecule has 1 amide bonds. The summed E-state index contributed by atoms with van der Waals surface area (Å²) in [5.41, 5.74) is -0.912. The van der Waals surface area contributed by atoms with Crippen molar-refractivity contribution in [3.63, 3.8) is 0 Å². The fourth-order valence-corrected chi connectivity index (χ4v) is 3.79. The lowest BCUT2D eigenvalue weighted by atomic mass is 9.87. The summed E-state index contributed by atoms with van der Waals surface area (Å²) >= 11 is 0. The Morgan fingerprint density at radius 2 is 1.97 bits per heavy atom. The number of ether oxygens (including phenoxy) is 3. The van der Waals surface area contributed by atoms with Gasteiger partial charge in [-0.25, -0.2) is 8.78 Å². The van der Waals surface area contributed by atoms with Crippen molar-refractivity contribution in [1.29, 1.82) is 0 Å². The number of ketones is 1. The van der Waals surface area contributed by atoms with Crippen molar-refractivity contribution in [3.05, 3.63) is 63.1 Å². The monoisotopic (exact) mass is 450 g/mol. The van der Waals surface area contributed by atoms with Crippen LogP contribution in [-0.2, 0) is 22.6 Å². The molecule has 3 rings (SSSR count). The highest BCUT2D eigenvalue weighted by Gasteiger charge is 2.39. The highest BCUT2D eigenvalue weighted by atomic mass is 19.1. The van der Waals surface area contributed by atoms with Gasteiger partial charge in [0, 0.05) is 51.7 Å². The Bertz CT molecular complexity index is 1080. The Morgan fingerprint density at radius 3 is 2.59 bits per heavy atom. The van der Waals surface area contributed by atoms with Crippen LogP contribution in [0.2, 0.25) is 0 Å². The molecule has 0 fully saturated rings. The van der Waals surface area contributed by atoms with Gasteiger partial charge in [-0.2, -0.15) is 0 Å². The first-order valence-corrected chi connectivity index (χ1v) is 9.91. The number of carbonyl (C=O) groups excluding carboxylic acids is 2. The van der Waals surface area contributed by atoms with E-state index in [1.807, 2.05) is 0 Å². The van der Waals surface area contributed by atoms with Crippen LogP contribution in [0.5, 0.6) is 5.75 Å². The molecule has 1 aromatic heterocycles. The van der Waals surface area contributed by atoms with Gasteiger partial charge in [0.05, 0.1) is 19.1 Å². The highest BCUT2D eigenvalue weighted by Crippen LogP contribution is 2.30. The van der Waals surface area contributed by atoms with E-state index >= 15 is 0 Å². The van der Waals surface area contributed by atoms with Crippen LogP contribution in [0.4, 0.5) is 8.78 Å². The number of fused-ring (bicyclic) bond motifs is 1. The molecule has 2 atom stereocenters. The van der Waals surface area contributed by atoms with Gasteiger partial charge < -0.3 is 24.1 Å². The van der Waals surface area contributed by atoms with Crippen molar-refractivity contribution in [3.8, 4) is 5.75 Å². The topological polar surface area (TPSA) is 95.9 Å². The molecule has 10 heteroatoms. The zero-order valence-electron chi connectivity index (χ0n) is 17.9. The molecule has 2 aromatic rings. The number of nitrogens with one attached hydrogen (secondary N) is 1. The summed E-state index contributed by atoms with van der Waals surface area (Å²) in [5, 5.41) is 2.44. The van der Waals surface area contributed by atoms with Crippen LogP contribution in [0.1, 0.15) is 32.8 Å². The SMILES string of the molecule is COCC[C@@H]1C(=O)c2c(OC)c(=O)c(C(=O)NCc3ccc(F)cc3F)cn2C[C@@H]1OC. The third-order valence-electron chi connectivity index (χ3n) is 5.47. The molecular formula is C22H24F2N2O6. The minimum Gasteiger partial charge on any atom is -0.491 e. The summed E-state index contributed by atoms with van der Waals surface area (Å²) in [4.78, 5) is 38.8. The van der Waals surface area contributed by atoms with Crippen molar-refractivity contribution in [1.82, 2.24) is 9.88 Å². The van der Waals surface area contributed by atoms with Gasteiger partial charge in [-0.05, 0) is 12.5 Å². The van der Waals surface area contributed by atoms with Crippen molar-refractivity contribution >= 4 is 11.7 Å². The Morgan fingerprint density at radius 1 is 1.22 bits per heavy atom. The van der Waals surface area contributed by atoms with E-state index < -0.39 is 35.0 Å². The van der Waals surface area contributed by atoms with E-state index in [9.17, 15) is 23.2 Å². The molecule has 0 saturated carbocycles. The average molecular weight is 450 g/mol. The van der Waals surface area contributed by atoms with Crippen LogP contribution in [0.25, 0.3) is 0 Å². The van der Waals surface area contributed by atoms with Gasteiger partial charge in [-0.1, -0.05) is 6.07 Å². The number of carbonyl (C=O) groups is 2. The number of rotatable bonds is 8. The van der Waals surface area contributed by atoms with Gasteiger partial charge in [0.25, 0.3) is 5.91 Å². The summed E-state index contributed by atoms with van der Waals surface area (Å²) in [6.07, 6.45) is 1.19. The normalized spacial score (nSPS) is 17.7. The van der Waals surface area contributed by atoms with E-state index in [2.05, 4.69) is 5.32 Å². The molecule has 1 aliphatic rings. The molecule has 32 heavy (non-hydrogen) atoms. The predicted octanol–water partition coefficient (Wildman–Crippen LogP) is 1.93. The maximum absolute atomic E-state index is 13.8. The van der Waals surface area contributed by atoms with Crippen LogP contribution in [0.3, 0.4) is 0 Å². The number of nitrogens with zero attached hydrogens (tertiary/aromatic N) is 1. The number of amides is 1. The van der Waals surface area contributed by atoms with E-state index in [0.717, 1.165) is 6.07 Å². The van der Waals surface area contributed by atoms with Crippen LogP contribution < -0.4 is 15.5 Å². The molecule has 0 bridgehead atoms. The molecule has 8 nitrogen and oxygen atoms in total. The first-order valence-electron chi connectivity index (χ1n) is 9.91. The number of benzene rings is 1. The number of Topliss-reactive ketones (excluding diaryl/α,β-unsaturated/α-hetero) is 1. The predicted molar refractivity (Wildman–Crippen MR) is 110 cm³/mol. The van der Waals surface area contributed by atoms with Gasteiger partial charge in [0.1, 0.15) is 22.9 Å². The van der Waals surface area contributed by atoms with E-state index in [-0.39, 0.29) is 41.4 Å². The Kier molecular flexibility index (Phi) is 7.37. The number of pyridine rings is 1. The fourth-order valence-electron chi connectivity index (χ4n) is 3.79. The van der Waals surface area contributed by atoms with Crippen LogP contribution in [0, 0.1) is 17.6 Å². The molecule has 1 aliphatic heterocycles. The van der Waals surface area contributed by atoms with E-state index in [1.54, 1.807) is 0 Å². The molecule has 1 aromatic carbocycles. The molecule has 172 valence electrons. The van der Waals surface area contributed by atoms with Gasteiger partial charge in [0.15, 0.2) is 11.5 Å². The number of hydrogen-bond acceptors (Lipinski definition) is 6. The lowest BCUT2D eigenvalue weighted by molar-refractivity contribution is 0.0157. The molecule has 0 spiro atoms. The third-order valence-corrected chi connectivity index (χ3v) is 5.47. The molecule has 0 saturated heterocycles. The van der Waals surface area contributed by atoms with E-state index in [4.69, 9.17) is 14.2 Å². The summed E-state index contributed by atoms with van der Waals surface area (Å²) in [7, 11) is 4.25. The molecule has 1 N–H and O–H groups in total. The van der Waals surface area contributed by atoms with E-state index in [1.165, 1.54) is 38.2 Å². The molecule has 2 heterocycles. The third kappa shape index (κ3) is 4.56. The summed E-state index contributed by atoms with van der Waals surface area (Å²) < 4.78 is 44.1. The van der Waals surface area contributed by atoms with Gasteiger partial charge >= 0.3 is 0 Å². The maximum Gasteiger partial charge on any atom is 0.257 e. The van der Waals surface area contributed by atoms with Crippen LogP contribution >= 0.6 is 0 Å². The zero-order chi connectivity index (χ0) is 23.4. The first kappa shape index (κ1) is 23.6. The summed E-state index contributed by atoms with van der Waals surface area (Å²) in [5.74, 6) is -3.45. The van der Waals surface area contributed by atoms with Gasteiger partial charge in [-0.3, -0.25) is 14.4 Å². The minimum absolute atomic E-state index is 0.0559. The second-order valence-corrected chi connectivity index (χ2v) is 7.35. The summed E-state index contributed by atoms with van der Waals surface area (Å²) in [6, 6.07) is 2.97. The highest BCUT2D eigenvalue weighted by molar-refractivity contribution is 6.01. The first-order chi connectivity index (χ1) is 15.3. The van der Waals surface area contributed by atoms with Gasteiger partial charge in [0.2, 0.25) is 5.43 Å². The zero-order valence-corrected chi connectivity index (χ0v) is 17.9. The Balaban J connectivity index is 1.93. The minimum atomic E-state index is -0.819. The molecule has 0 unspecified atom stereocenters. The molecule has 0 aliphatic carbocycles. The Hall–Kier alpha value is -3.11. The van der Waals surface area contributed by atoms with Crippen molar-refractivity contribution < 1.29 is 32.6 Å². The number of halogens is 2. The van der Waals surface area contributed by atoms with Crippen molar-refractivity contribution in [2.24, 2.45) is 5.92 Å².